The van der Waals surface area contributed by atoms with Gasteiger partial charge in [0.15, 0.2) is 0 Å². The Morgan fingerprint density at radius 3 is 2.91 bits per heavy atom. The first-order chi connectivity index (χ1) is 11.1. The average Bonchev–Trinajstić information content (AvgIpc) is 3.20. The highest BCUT2D eigenvalue weighted by atomic mass is 16.3. The Kier molecular flexibility index (Phi) is 3.49. The van der Waals surface area contributed by atoms with Crippen molar-refractivity contribution in [3.05, 3.63) is 23.8 Å². The fourth-order valence-corrected chi connectivity index (χ4v) is 3.20. The normalized spacial score (nSPS) is 21.1. The minimum Gasteiger partial charge on any atom is -0.391 e. The number of aromatic nitrogens is 2. The van der Waals surface area contributed by atoms with Gasteiger partial charge in [0.05, 0.1) is 17.1 Å². The molecule has 1 saturated heterocycles. The van der Waals surface area contributed by atoms with Gasteiger partial charge in [-0.1, -0.05) is 0 Å². The second kappa shape index (κ2) is 5.53. The summed E-state index contributed by atoms with van der Waals surface area (Å²) in [5.74, 6) is 1.50. The monoisotopic (exact) mass is 314 g/mol. The van der Waals surface area contributed by atoms with Crippen molar-refractivity contribution in [1.82, 2.24) is 14.9 Å². The first kappa shape index (κ1) is 14.5. The summed E-state index contributed by atoms with van der Waals surface area (Å²) in [5, 5.41) is 12.7. The number of aliphatic hydroxyl groups excluding tert-OH is 1. The van der Waals surface area contributed by atoms with Crippen LogP contribution in [0.15, 0.2) is 18.2 Å². The van der Waals surface area contributed by atoms with Crippen molar-refractivity contribution < 1.29 is 9.90 Å². The number of aliphatic hydroxyl groups is 1. The molecule has 2 aromatic rings. The van der Waals surface area contributed by atoms with E-state index in [1.165, 1.54) is 12.8 Å². The third-order valence-corrected chi connectivity index (χ3v) is 4.81. The van der Waals surface area contributed by atoms with Crippen LogP contribution in [0.3, 0.4) is 0 Å². The van der Waals surface area contributed by atoms with Crippen LogP contribution in [0.4, 0.5) is 5.95 Å². The number of aryl methyl sites for hydroxylation is 1. The lowest BCUT2D eigenvalue weighted by atomic mass is 10.2. The summed E-state index contributed by atoms with van der Waals surface area (Å²) >= 11 is 0. The Balaban J connectivity index is 1.59. The zero-order valence-electron chi connectivity index (χ0n) is 13.3. The summed E-state index contributed by atoms with van der Waals surface area (Å²) < 4.78 is 2.03. The molecule has 23 heavy (non-hydrogen) atoms. The van der Waals surface area contributed by atoms with Gasteiger partial charge in [0, 0.05) is 32.2 Å². The van der Waals surface area contributed by atoms with Crippen LogP contribution in [0, 0.1) is 5.92 Å². The molecule has 2 heterocycles. The quantitative estimate of drug-likeness (QED) is 0.892. The highest BCUT2D eigenvalue weighted by Crippen LogP contribution is 2.28. The second-order valence-electron chi connectivity index (χ2n) is 6.72. The highest BCUT2D eigenvalue weighted by Gasteiger charge is 2.25. The molecule has 1 aromatic carbocycles. The number of β-amino-alcohol motifs (C(OH)–C–C–N with tert-alkyl or cyclic N) is 1. The molecule has 1 amide bonds. The SMILES string of the molecule is Cn1c(N2CC[C@H](O)C2)nc2cc(C(=O)NCC3CC3)ccc21. The van der Waals surface area contributed by atoms with Crippen molar-refractivity contribution in [2.75, 3.05) is 24.5 Å². The van der Waals surface area contributed by atoms with E-state index in [0.29, 0.717) is 18.0 Å². The molecule has 0 spiro atoms. The Bertz CT molecular complexity index is 750. The van der Waals surface area contributed by atoms with Crippen LogP contribution in [0.1, 0.15) is 29.6 Å². The summed E-state index contributed by atoms with van der Waals surface area (Å²) in [6.45, 7) is 2.20. The van der Waals surface area contributed by atoms with Gasteiger partial charge in [0.25, 0.3) is 5.91 Å². The molecule has 2 N–H and O–H groups in total. The molecule has 1 aliphatic carbocycles. The van der Waals surface area contributed by atoms with Crippen molar-refractivity contribution in [2.45, 2.75) is 25.4 Å². The Morgan fingerprint density at radius 2 is 2.22 bits per heavy atom. The molecular formula is C17H22N4O2. The first-order valence-electron chi connectivity index (χ1n) is 8.29. The van der Waals surface area contributed by atoms with Gasteiger partial charge in [0.2, 0.25) is 5.95 Å². The molecule has 6 nitrogen and oxygen atoms in total. The summed E-state index contributed by atoms with van der Waals surface area (Å²) in [6, 6.07) is 5.66. The van der Waals surface area contributed by atoms with Crippen molar-refractivity contribution in [1.29, 1.82) is 0 Å². The number of nitrogens with one attached hydrogen (secondary N) is 1. The molecule has 1 saturated carbocycles. The zero-order chi connectivity index (χ0) is 16.0. The largest absolute Gasteiger partial charge is 0.391 e. The summed E-state index contributed by atoms with van der Waals surface area (Å²) in [7, 11) is 1.97. The molecule has 6 heteroatoms. The van der Waals surface area contributed by atoms with Gasteiger partial charge in [0.1, 0.15) is 0 Å². The van der Waals surface area contributed by atoms with Gasteiger partial charge < -0.3 is 19.9 Å². The lowest BCUT2D eigenvalue weighted by Crippen LogP contribution is -2.25. The average molecular weight is 314 g/mol. The van der Waals surface area contributed by atoms with Gasteiger partial charge in [-0.25, -0.2) is 4.98 Å². The molecule has 1 atom stereocenters. The number of anilines is 1. The molecule has 4 rings (SSSR count). The summed E-state index contributed by atoms with van der Waals surface area (Å²) in [5.41, 5.74) is 2.48. The molecule has 0 radical (unpaired) electrons. The van der Waals surface area contributed by atoms with Crippen LogP contribution in [0.5, 0.6) is 0 Å². The number of hydrogen-bond acceptors (Lipinski definition) is 4. The van der Waals surface area contributed by atoms with Gasteiger partial charge in [-0.2, -0.15) is 0 Å². The Hall–Kier alpha value is -2.08. The highest BCUT2D eigenvalue weighted by molar-refractivity contribution is 5.97. The summed E-state index contributed by atoms with van der Waals surface area (Å²) in [4.78, 5) is 19.0. The van der Waals surface area contributed by atoms with Gasteiger partial charge in [-0.05, 0) is 43.4 Å². The van der Waals surface area contributed by atoms with Crippen molar-refractivity contribution in [3.8, 4) is 0 Å². The second-order valence-corrected chi connectivity index (χ2v) is 6.72. The zero-order valence-corrected chi connectivity index (χ0v) is 13.3. The first-order valence-corrected chi connectivity index (χ1v) is 8.29. The number of rotatable bonds is 4. The third kappa shape index (κ3) is 2.79. The van der Waals surface area contributed by atoms with Crippen LogP contribution >= 0.6 is 0 Å². The van der Waals surface area contributed by atoms with Crippen LogP contribution in [0.25, 0.3) is 11.0 Å². The fourth-order valence-electron chi connectivity index (χ4n) is 3.20. The maximum Gasteiger partial charge on any atom is 0.251 e. The van der Waals surface area contributed by atoms with E-state index >= 15 is 0 Å². The van der Waals surface area contributed by atoms with Crippen LogP contribution in [-0.2, 0) is 7.05 Å². The van der Waals surface area contributed by atoms with E-state index in [9.17, 15) is 9.90 Å². The number of carbonyl (C=O) groups is 1. The Morgan fingerprint density at radius 1 is 1.39 bits per heavy atom. The molecule has 1 aliphatic heterocycles. The minimum atomic E-state index is -0.279. The maximum atomic E-state index is 12.2. The lowest BCUT2D eigenvalue weighted by Gasteiger charge is -2.16. The number of carbonyl (C=O) groups excluding carboxylic acids is 1. The van der Waals surface area contributed by atoms with Gasteiger partial charge in [-0.15, -0.1) is 0 Å². The number of imidazole rings is 1. The molecule has 0 bridgehead atoms. The van der Waals surface area contributed by atoms with E-state index in [-0.39, 0.29) is 12.0 Å². The van der Waals surface area contributed by atoms with Crippen LogP contribution < -0.4 is 10.2 Å². The molecule has 0 unspecified atom stereocenters. The number of nitrogens with zero attached hydrogens (tertiary/aromatic N) is 3. The lowest BCUT2D eigenvalue weighted by molar-refractivity contribution is 0.0952. The number of amides is 1. The molecule has 2 aliphatic rings. The topological polar surface area (TPSA) is 70.4 Å². The molecule has 1 aromatic heterocycles. The van der Waals surface area contributed by atoms with E-state index in [4.69, 9.17) is 0 Å². The van der Waals surface area contributed by atoms with Crippen LogP contribution in [-0.4, -0.2) is 46.3 Å². The molecule has 122 valence electrons. The molecular weight excluding hydrogens is 292 g/mol. The van der Waals surface area contributed by atoms with E-state index in [0.717, 1.165) is 36.5 Å². The van der Waals surface area contributed by atoms with E-state index in [1.54, 1.807) is 0 Å². The third-order valence-electron chi connectivity index (χ3n) is 4.81. The predicted octanol–water partition coefficient (Wildman–Crippen LogP) is 1.28. The number of fused-ring (bicyclic) bond motifs is 1. The standard InChI is InChI=1S/C17H22N4O2/c1-20-15-5-4-12(16(23)18-9-11-2-3-11)8-14(15)19-17(20)21-7-6-13(22)10-21/h4-5,8,11,13,22H,2-3,6-7,9-10H2,1H3,(H,18,23)/t13-/m0/s1. The minimum absolute atomic E-state index is 0.0254. The van der Waals surface area contributed by atoms with E-state index in [1.807, 2.05) is 29.8 Å². The summed E-state index contributed by atoms with van der Waals surface area (Å²) in [6.07, 6.45) is 2.95. The van der Waals surface area contributed by atoms with E-state index in [2.05, 4.69) is 15.2 Å². The van der Waals surface area contributed by atoms with Crippen LogP contribution in [0.2, 0.25) is 0 Å². The van der Waals surface area contributed by atoms with Gasteiger partial charge >= 0.3 is 0 Å². The molecule has 2 fully saturated rings. The van der Waals surface area contributed by atoms with Crippen molar-refractivity contribution >= 4 is 22.9 Å². The van der Waals surface area contributed by atoms with Crippen molar-refractivity contribution in [2.24, 2.45) is 13.0 Å². The van der Waals surface area contributed by atoms with Crippen molar-refractivity contribution in [3.63, 3.8) is 0 Å². The number of hydrogen-bond donors (Lipinski definition) is 2. The predicted molar refractivity (Wildman–Crippen MR) is 88.6 cm³/mol. The Labute approximate surface area is 135 Å². The smallest absolute Gasteiger partial charge is 0.251 e. The maximum absolute atomic E-state index is 12.2. The fraction of sp³-hybridized carbons (Fsp3) is 0.529. The van der Waals surface area contributed by atoms with E-state index < -0.39 is 0 Å². The van der Waals surface area contributed by atoms with Gasteiger partial charge in [-0.3, -0.25) is 4.79 Å². The number of benzene rings is 1.